The summed E-state index contributed by atoms with van der Waals surface area (Å²) in [4.78, 5) is 7.97. The lowest BCUT2D eigenvalue weighted by molar-refractivity contribution is 0.205. The Hall–Kier alpha value is -3.08. The average molecular weight is 322 g/mol. The summed E-state index contributed by atoms with van der Waals surface area (Å²) >= 11 is 0. The quantitative estimate of drug-likeness (QED) is 0.615. The highest BCUT2D eigenvalue weighted by molar-refractivity contribution is 5.39. The Morgan fingerprint density at radius 3 is 2.38 bits per heavy atom. The lowest BCUT2D eigenvalue weighted by Crippen LogP contribution is -2.10. The molecular formula is C19H18N2O3. The van der Waals surface area contributed by atoms with E-state index in [0.29, 0.717) is 19.2 Å². The van der Waals surface area contributed by atoms with E-state index in [1.807, 2.05) is 55.5 Å². The highest BCUT2D eigenvalue weighted by atomic mass is 16.5. The van der Waals surface area contributed by atoms with Crippen molar-refractivity contribution in [2.75, 3.05) is 13.2 Å². The lowest BCUT2D eigenvalue weighted by atomic mass is 10.2. The van der Waals surface area contributed by atoms with E-state index in [0.717, 1.165) is 22.8 Å². The number of aryl methyl sites for hydroxylation is 1. The smallest absolute Gasteiger partial charge is 0.316 e. The zero-order valence-corrected chi connectivity index (χ0v) is 13.4. The molecule has 3 aromatic rings. The van der Waals surface area contributed by atoms with Crippen molar-refractivity contribution in [3.8, 4) is 23.3 Å². The summed E-state index contributed by atoms with van der Waals surface area (Å²) in [7, 11) is 0. The van der Waals surface area contributed by atoms with Gasteiger partial charge in [0.05, 0.1) is 0 Å². The van der Waals surface area contributed by atoms with Gasteiger partial charge in [0.1, 0.15) is 30.5 Å². The van der Waals surface area contributed by atoms with Crippen LogP contribution < -0.4 is 14.2 Å². The van der Waals surface area contributed by atoms with Crippen LogP contribution in [0, 0.1) is 6.92 Å². The minimum Gasteiger partial charge on any atom is -0.490 e. The Kier molecular flexibility index (Phi) is 5.24. The molecule has 1 aromatic heterocycles. The summed E-state index contributed by atoms with van der Waals surface area (Å²) < 4.78 is 17.0. The summed E-state index contributed by atoms with van der Waals surface area (Å²) in [6.07, 6.45) is 3.27. The third-order valence-corrected chi connectivity index (χ3v) is 3.25. The van der Waals surface area contributed by atoms with E-state index >= 15 is 0 Å². The molecule has 5 heteroatoms. The molecule has 2 aromatic carbocycles. The zero-order valence-electron chi connectivity index (χ0n) is 13.4. The second-order valence-electron chi connectivity index (χ2n) is 5.07. The topological polar surface area (TPSA) is 53.5 Å². The summed E-state index contributed by atoms with van der Waals surface area (Å²) in [5.41, 5.74) is 1.08. The summed E-state index contributed by atoms with van der Waals surface area (Å²) in [5, 5.41) is 0. The van der Waals surface area contributed by atoms with Crippen molar-refractivity contribution in [1.29, 1.82) is 0 Å². The van der Waals surface area contributed by atoms with Crippen LogP contribution in [-0.2, 0) is 0 Å². The first-order valence-electron chi connectivity index (χ1n) is 7.67. The third-order valence-electron chi connectivity index (χ3n) is 3.25. The fourth-order valence-corrected chi connectivity index (χ4v) is 2.08. The van der Waals surface area contributed by atoms with Crippen molar-refractivity contribution < 1.29 is 14.2 Å². The van der Waals surface area contributed by atoms with E-state index < -0.39 is 0 Å². The molecular weight excluding hydrogens is 304 g/mol. The summed E-state index contributed by atoms with van der Waals surface area (Å²) in [5.74, 6) is 2.28. The molecule has 1 heterocycles. The van der Waals surface area contributed by atoms with Gasteiger partial charge in [0.2, 0.25) is 0 Å². The van der Waals surface area contributed by atoms with Gasteiger partial charge in [-0.1, -0.05) is 24.3 Å². The van der Waals surface area contributed by atoms with Gasteiger partial charge in [0, 0.05) is 18.5 Å². The SMILES string of the molecule is Cc1ccccc1Oc1cccc(OCCOc2ncccn2)c1. The second kappa shape index (κ2) is 7.97. The van der Waals surface area contributed by atoms with Crippen LogP contribution in [0.2, 0.25) is 0 Å². The zero-order chi connectivity index (χ0) is 16.6. The molecule has 0 aliphatic heterocycles. The number of hydrogen-bond donors (Lipinski definition) is 0. The first-order valence-corrected chi connectivity index (χ1v) is 7.67. The van der Waals surface area contributed by atoms with Crippen LogP contribution >= 0.6 is 0 Å². The Balaban J connectivity index is 1.53. The van der Waals surface area contributed by atoms with Gasteiger partial charge in [0.15, 0.2) is 0 Å². The molecule has 3 rings (SSSR count). The Labute approximate surface area is 140 Å². The molecule has 0 bridgehead atoms. The predicted molar refractivity (Wildman–Crippen MR) is 90.7 cm³/mol. The third kappa shape index (κ3) is 4.46. The van der Waals surface area contributed by atoms with Crippen molar-refractivity contribution in [2.45, 2.75) is 6.92 Å². The van der Waals surface area contributed by atoms with Crippen LogP contribution in [0.1, 0.15) is 5.56 Å². The van der Waals surface area contributed by atoms with Crippen LogP contribution in [0.25, 0.3) is 0 Å². The van der Waals surface area contributed by atoms with Gasteiger partial charge in [-0.25, -0.2) is 9.97 Å². The molecule has 0 saturated heterocycles. The molecule has 0 atom stereocenters. The Morgan fingerprint density at radius 1 is 0.792 bits per heavy atom. The van der Waals surface area contributed by atoms with E-state index in [1.54, 1.807) is 18.5 Å². The highest BCUT2D eigenvalue weighted by Crippen LogP contribution is 2.27. The highest BCUT2D eigenvalue weighted by Gasteiger charge is 2.03. The molecule has 0 N–H and O–H groups in total. The van der Waals surface area contributed by atoms with Gasteiger partial charge >= 0.3 is 6.01 Å². The Morgan fingerprint density at radius 2 is 1.54 bits per heavy atom. The number of nitrogens with zero attached hydrogens (tertiary/aromatic N) is 2. The fraction of sp³-hybridized carbons (Fsp3) is 0.158. The van der Waals surface area contributed by atoms with E-state index in [1.165, 1.54) is 0 Å². The molecule has 0 radical (unpaired) electrons. The van der Waals surface area contributed by atoms with Crippen molar-refractivity contribution in [2.24, 2.45) is 0 Å². The molecule has 0 spiro atoms. The predicted octanol–water partition coefficient (Wildman–Crippen LogP) is 4.04. The van der Waals surface area contributed by atoms with Gasteiger partial charge in [-0.15, -0.1) is 0 Å². The minimum atomic E-state index is 0.345. The van der Waals surface area contributed by atoms with Crippen molar-refractivity contribution in [1.82, 2.24) is 9.97 Å². The van der Waals surface area contributed by atoms with Gasteiger partial charge in [0.25, 0.3) is 0 Å². The first kappa shape index (κ1) is 15.8. The van der Waals surface area contributed by atoms with Gasteiger partial charge in [-0.05, 0) is 36.8 Å². The Bertz CT molecular complexity index is 778. The summed E-state index contributed by atoms with van der Waals surface area (Å²) in [6.45, 7) is 2.78. The lowest BCUT2D eigenvalue weighted by Gasteiger charge is -2.11. The number of hydrogen-bond acceptors (Lipinski definition) is 5. The second-order valence-corrected chi connectivity index (χ2v) is 5.07. The number of ether oxygens (including phenoxy) is 3. The van der Waals surface area contributed by atoms with Crippen molar-refractivity contribution in [3.05, 3.63) is 72.6 Å². The number of rotatable bonds is 7. The van der Waals surface area contributed by atoms with E-state index in [4.69, 9.17) is 14.2 Å². The van der Waals surface area contributed by atoms with Crippen LogP contribution in [-0.4, -0.2) is 23.2 Å². The fourth-order valence-electron chi connectivity index (χ4n) is 2.08. The molecule has 0 aliphatic rings. The van der Waals surface area contributed by atoms with Gasteiger partial charge in [-0.2, -0.15) is 0 Å². The molecule has 5 nitrogen and oxygen atoms in total. The standard InChI is InChI=1S/C19H18N2O3/c1-15-6-2-3-9-18(15)24-17-8-4-7-16(14-17)22-12-13-23-19-20-10-5-11-21-19/h2-11,14H,12-13H2,1H3. The summed E-state index contributed by atoms with van der Waals surface area (Å²) in [6, 6.07) is 17.5. The van der Waals surface area contributed by atoms with E-state index in [-0.39, 0.29) is 0 Å². The molecule has 0 fully saturated rings. The number of benzene rings is 2. The minimum absolute atomic E-state index is 0.345. The monoisotopic (exact) mass is 322 g/mol. The van der Waals surface area contributed by atoms with Crippen LogP contribution in [0.5, 0.6) is 23.3 Å². The van der Waals surface area contributed by atoms with Crippen LogP contribution in [0.4, 0.5) is 0 Å². The molecule has 0 unspecified atom stereocenters. The normalized spacial score (nSPS) is 10.2. The van der Waals surface area contributed by atoms with Gasteiger partial charge < -0.3 is 14.2 Å². The maximum atomic E-state index is 5.89. The van der Waals surface area contributed by atoms with E-state index in [2.05, 4.69) is 9.97 Å². The number of aromatic nitrogens is 2. The molecule has 0 aliphatic carbocycles. The van der Waals surface area contributed by atoms with Gasteiger partial charge in [-0.3, -0.25) is 0 Å². The largest absolute Gasteiger partial charge is 0.490 e. The van der Waals surface area contributed by atoms with Crippen LogP contribution in [0.3, 0.4) is 0 Å². The maximum Gasteiger partial charge on any atom is 0.316 e. The molecule has 122 valence electrons. The molecule has 24 heavy (non-hydrogen) atoms. The molecule has 0 saturated carbocycles. The van der Waals surface area contributed by atoms with Crippen LogP contribution in [0.15, 0.2) is 67.0 Å². The maximum absolute atomic E-state index is 5.89. The average Bonchev–Trinajstić information content (AvgIpc) is 2.62. The first-order chi connectivity index (χ1) is 11.8. The van der Waals surface area contributed by atoms with Crippen molar-refractivity contribution >= 4 is 0 Å². The number of para-hydroxylation sites is 1. The molecule has 0 amide bonds. The van der Waals surface area contributed by atoms with Crippen molar-refractivity contribution in [3.63, 3.8) is 0 Å². The van der Waals surface area contributed by atoms with E-state index in [9.17, 15) is 0 Å².